The highest BCUT2D eigenvalue weighted by Gasteiger charge is 2.18. The van der Waals surface area contributed by atoms with Crippen LogP contribution in [0.15, 0.2) is 53.4 Å². The molecule has 162 valence electrons. The highest BCUT2D eigenvalue weighted by Crippen LogP contribution is 2.20. The maximum atomic E-state index is 12.5. The molecule has 0 bridgehead atoms. The van der Waals surface area contributed by atoms with Gasteiger partial charge in [-0.2, -0.15) is 0 Å². The van der Waals surface area contributed by atoms with Crippen LogP contribution in [-0.2, 0) is 19.6 Å². The number of ether oxygens (including phenoxy) is 1. The van der Waals surface area contributed by atoms with E-state index in [-0.39, 0.29) is 16.1 Å². The zero-order valence-corrected chi connectivity index (χ0v) is 18.5. The van der Waals surface area contributed by atoms with Crippen LogP contribution in [0.25, 0.3) is 10.9 Å². The number of hydrogen-bond acceptors (Lipinski definition) is 6. The lowest BCUT2D eigenvalue weighted by Gasteiger charge is -2.13. The number of benzene rings is 2. The number of aryl methyl sites for hydroxylation is 2. The molecule has 0 unspecified atom stereocenters. The van der Waals surface area contributed by atoms with Gasteiger partial charge < -0.3 is 10.1 Å². The van der Waals surface area contributed by atoms with E-state index in [9.17, 15) is 18.0 Å². The summed E-state index contributed by atoms with van der Waals surface area (Å²) in [7, 11) is -0.790. The average Bonchev–Trinajstić information content (AvgIpc) is 2.72. The Balaban J connectivity index is 1.68. The first-order valence-electron chi connectivity index (χ1n) is 9.45. The summed E-state index contributed by atoms with van der Waals surface area (Å²) in [5.74, 6) is -1.25. The number of anilines is 1. The molecule has 1 N–H and O–H groups in total. The quantitative estimate of drug-likeness (QED) is 0.590. The summed E-state index contributed by atoms with van der Waals surface area (Å²) in [6.07, 6.45) is 0. The summed E-state index contributed by atoms with van der Waals surface area (Å²) in [5, 5.41) is 3.34. The molecule has 9 heteroatoms. The summed E-state index contributed by atoms with van der Waals surface area (Å²) < 4.78 is 30.7. The van der Waals surface area contributed by atoms with Crippen LogP contribution in [0.2, 0.25) is 0 Å². The Kier molecular flexibility index (Phi) is 6.37. The molecule has 0 atom stereocenters. The smallest absolute Gasteiger partial charge is 0.340 e. The molecular formula is C22H23N3O5S. The molecule has 1 aromatic heterocycles. The molecule has 0 spiro atoms. The first-order valence-corrected chi connectivity index (χ1v) is 10.9. The second-order valence-electron chi connectivity index (χ2n) is 7.26. The molecule has 3 aromatic rings. The SMILES string of the molecule is Cc1ccc2nc(C)c(C(=O)OCC(=O)Nc3cccc(S(=O)(=O)N(C)C)c3)cc2c1. The van der Waals surface area contributed by atoms with E-state index < -0.39 is 28.5 Å². The lowest BCUT2D eigenvalue weighted by atomic mass is 10.1. The van der Waals surface area contributed by atoms with Gasteiger partial charge in [0.2, 0.25) is 10.0 Å². The molecule has 0 aliphatic carbocycles. The van der Waals surface area contributed by atoms with Gasteiger partial charge >= 0.3 is 5.97 Å². The third-order valence-electron chi connectivity index (χ3n) is 4.61. The maximum Gasteiger partial charge on any atom is 0.340 e. The van der Waals surface area contributed by atoms with Crippen molar-refractivity contribution < 1.29 is 22.7 Å². The third kappa shape index (κ3) is 5.07. The monoisotopic (exact) mass is 441 g/mol. The van der Waals surface area contributed by atoms with Gasteiger partial charge in [-0.15, -0.1) is 0 Å². The van der Waals surface area contributed by atoms with E-state index in [1.807, 2.05) is 25.1 Å². The Hall–Kier alpha value is -3.30. The summed E-state index contributed by atoms with van der Waals surface area (Å²) in [5.41, 5.74) is 2.87. The van der Waals surface area contributed by atoms with Crippen molar-refractivity contribution in [2.45, 2.75) is 18.7 Å². The topological polar surface area (TPSA) is 106 Å². The molecule has 1 heterocycles. The van der Waals surface area contributed by atoms with E-state index in [0.717, 1.165) is 20.8 Å². The molecular weight excluding hydrogens is 418 g/mol. The molecule has 0 radical (unpaired) electrons. The highest BCUT2D eigenvalue weighted by atomic mass is 32.2. The number of rotatable bonds is 6. The van der Waals surface area contributed by atoms with Crippen molar-refractivity contribution in [3.05, 3.63) is 65.4 Å². The number of nitrogens with one attached hydrogen (secondary N) is 1. The summed E-state index contributed by atoms with van der Waals surface area (Å²) in [6.45, 7) is 3.13. The van der Waals surface area contributed by atoms with Crippen LogP contribution in [0.3, 0.4) is 0 Å². The molecule has 2 aromatic carbocycles. The molecule has 0 saturated carbocycles. The fourth-order valence-corrected chi connectivity index (χ4v) is 3.90. The lowest BCUT2D eigenvalue weighted by molar-refractivity contribution is -0.119. The van der Waals surface area contributed by atoms with Gasteiger partial charge in [0.1, 0.15) is 0 Å². The molecule has 31 heavy (non-hydrogen) atoms. The number of carbonyl (C=O) groups excluding carboxylic acids is 2. The van der Waals surface area contributed by atoms with Gasteiger partial charge in [-0.25, -0.2) is 17.5 Å². The predicted molar refractivity (Wildman–Crippen MR) is 117 cm³/mol. The van der Waals surface area contributed by atoms with E-state index in [1.54, 1.807) is 19.1 Å². The first-order chi connectivity index (χ1) is 14.6. The lowest BCUT2D eigenvalue weighted by Crippen LogP contribution is -2.23. The van der Waals surface area contributed by atoms with Gasteiger partial charge in [-0.3, -0.25) is 9.78 Å². The number of fused-ring (bicyclic) bond motifs is 1. The van der Waals surface area contributed by atoms with Crippen LogP contribution in [0.5, 0.6) is 0 Å². The van der Waals surface area contributed by atoms with E-state index >= 15 is 0 Å². The van der Waals surface area contributed by atoms with E-state index in [2.05, 4.69) is 10.3 Å². The largest absolute Gasteiger partial charge is 0.452 e. The van der Waals surface area contributed by atoms with Crippen LogP contribution in [0, 0.1) is 13.8 Å². The average molecular weight is 442 g/mol. The highest BCUT2D eigenvalue weighted by molar-refractivity contribution is 7.89. The summed E-state index contributed by atoms with van der Waals surface area (Å²) in [4.78, 5) is 29.2. The third-order valence-corrected chi connectivity index (χ3v) is 6.42. The van der Waals surface area contributed by atoms with Gasteiger partial charge in [0.15, 0.2) is 6.61 Å². The first kappa shape index (κ1) is 22.4. The molecule has 0 fully saturated rings. The number of amides is 1. The normalized spacial score (nSPS) is 11.5. The molecule has 8 nitrogen and oxygen atoms in total. The van der Waals surface area contributed by atoms with E-state index in [0.29, 0.717) is 5.69 Å². The van der Waals surface area contributed by atoms with Crippen LogP contribution < -0.4 is 5.32 Å². The fraction of sp³-hybridized carbons (Fsp3) is 0.227. The van der Waals surface area contributed by atoms with Crippen molar-refractivity contribution in [3.63, 3.8) is 0 Å². The molecule has 1 amide bonds. The number of aromatic nitrogens is 1. The number of sulfonamides is 1. The molecule has 3 rings (SSSR count). The minimum absolute atomic E-state index is 0.0421. The number of carbonyl (C=O) groups is 2. The van der Waals surface area contributed by atoms with Gasteiger partial charge in [-0.1, -0.05) is 17.7 Å². The van der Waals surface area contributed by atoms with Crippen molar-refractivity contribution in [2.24, 2.45) is 0 Å². The Morgan fingerprint density at radius 2 is 1.81 bits per heavy atom. The number of hydrogen-bond donors (Lipinski definition) is 1. The minimum atomic E-state index is -3.63. The Morgan fingerprint density at radius 1 is 1.06 bits per heavy atom. The molecule has 0 saturated heterocycles. The van der Waals surface area contributed by atoms with Crippen LogP contribution >= 0.6 is 0 Å². The summed E-state index contributed by atoms with van der Waals surface area (Å²) >= 11 is 0. The standard InChI is InChI=1S/C22H23N3O5S/c1-14-8-9-20-16(10-14)11-19(15(2)23-20)22(27)30-13-21(26)24-17-6-5-7-18(12-17)31(28,29)25(3)4/h5-12H,13H2,1-4H3,(H,24,26). The van der Waals surface area contributed by atoms with Crippen LogP contribution in [0.1, 0.15) is 21.6 Å². The van der Waals surface area contributed by atoms with Crippen molar-refractivity contribution in [1.82, 2.24) is 9.29 Å². The van der Waals surface area contributed by atoms with Crippen LogP contribution in [0.4, 0.5) is 5.69 Å². The minimum Gasteiger partial charge on any atom is -0.452 e. The maximum absolute atomic E-state index is 12.5. The zero-order valence-electron chi connectivity index (χ0n) is 17.7. The number of nitrogens with zero attached hydrogens (tertiary/aromatic N) is 2. The zero-order chi connectivity index (χ0) is 22.8. The van der Waals surface area contributed by atoms with Crippen molar-refractivity contribution in [3.8, 4) is 0 Å². The van der Waals surface area contributed by atoms with Gasteiger partial charge in [0, 0.05) is 25.2 Å². The Labute approximate surface area is 180 Å². The van der Waals surface area contributed by atoms with Gasteiger partial charge in [0.05, 0.1) is 21.7 Å². The van der Waals surface area contributed by atoms with Crippen LogP contribution in [-0.4, -0.2) is 50.3 Å². The van der Waals surface area contributed by atoms with E-state index in [1.165, 1.54) is 32.3 Å². The van der Waals surface area contributed by atoms with E-state index in [4.69, 9.17) is 4.74 Å². The predicted octanol–water partition coefficient (Wildman–Crippen LogP) is 2.90. The van der Waals surface area contributed by atoms with Crippen molar-refractivity contribution in [1.29, 1.82) is 0 Å². The van der Waals surface area contributed by atoms with Crippen molar-refractivity contribution in [2.75, 3.05) is 26.0 Å². The number of esters is 1. The van der Waals surface area contributed by atoms with Gasteiger partial charge in [-0.05, 0) is 50.2 Å². The Morgan fingerprint density at radius 3 is 2.52 bits per heavy atom. The second-order valence-corrected chi connectivity index (χ2v) is 9.41. The fourth-order valence-electron chi connectivity index (χ4n) is 2.95. The molecule has 0 aliphatic rings. The summed E-state index contributed by atoms with van der Waals surface area (Å²) in [6, 6.07) is 13.3. The number of pyridine rings is 1. The second kappa shape index (κ2) is 8.83. The van der Waals surface area contributed by atoms with Crippen molar-refractivity contribution >= 4 is 38.5 Å². The molecule has 0 aliphatic heterocycles. The Bertz CT molecular complexity index is 1270. The van der Waals surface area contributed by atoms with Gasteiger partial charge in [0.25, 0.3) is 5.91 Å².